The second kappa shape index (κ2) is 14.9. The van der Waals surface area contributed by atoms with Gasteiger partial charge in [-0.25, -0.2) is 4.99 Å². The molecule has 0 saturated carbocycles. The lowest BCUT2D eigenvalue weighted by Crippen LogP contribution is -2.38. The Morgan fingerprint density at radius 2 is 1.93 bits per heavy atom. The fraction of sp³-hybridized carbons (Fsp3) is 0.632. The zero-order chi connectivity index (χ0) is 20.6. The third kappa shape index (κ3) is 10.3. The van der Waals surface area contributed by atoms with Crippen molar-refractivity contribution in [3.63, 3.8) is 0 Å². The first-order chi connectivity index (χ1) is 13.6. The van der Waals surface area contributed by atoms with Crippen molar-refractivity contribution in [3.8, 4) is 11.5 Å². The molecule has 0 aliphatic rings. The molecule has 0 aliphatic heterocycles. The number of hydrogen-bond acceptors (Lipinski definition) is 5. The Morgan fingerprint density at radius 3 is 2.61 bits per heavy atom. The first kappa shape index (κ1) is 23.9. The van der Waals surface area contributed by atoms with E-state index in [1.807, 2.05) is 6.92 Å². The van der Waals surface area contributed by atoms with Crippen molar-refractivity contribution < 1.29 is 27.7 Å². The molecule has 2 N–H and O–H groups in total. The smallest absolute Gasteiger partial charge is 0.387 e. The van der Waals surface area contributed by atoms with Crippen LogP contribution >= 0.6 is 0 Å². The predicted octanol–water partition coefficient (Wildman–Crippen LogP) is 2.79. The number of benzene rings is 1. The molecule has 0 radical (unpaired) electrons. The van der Waals surface area contributed by atoms with E-state index in [1.165, 1.54) is 6.07 Å². The summed E-state index contributed by atoms with van der Waals surface area (Å²) in [7, 11) is 1.64. The number of hydrogen-bond donors (Lipinski definition) is 2. The molecular formula is C19H31F2N3O4. The van der Waals surface area contributed by atoms with E-state index in [4.69, 9.17) is 14.2 Å². The van der Waals surface area contributed by atoms with Gasteiger partial charge in [-0.3, -0.25) is 0 Å². The molecule has 0 aromatic heterocycles. The average Bonchev–Trinajstić information content (AvgIpc) is 2.67. The lowest BCUT2D eigenvalue weighted by Gasteiger charge is -2.13. The summed E-state index contributed by atoms with van der Waals surface area (Å²) in [6.07, 6.45) is 0.836. The molecule has 28 heavy (non-hydrogen) atoms. The molecule has 0 aliphatic carbocycles. The van der Waals surface area contributed by atoms with Gasteiger partial charge in [-0.2, -0.15) is 8.78 Å². The van der Waals surface area contributed by atoms with Crippen LogP contribution in [0.15, 0.2) is 23.2 Å². The number of nitrogens with zero attached hydrogens (tertiary/aromatic N) is 1. The number of alkyl halides is 2. The summed E-state index contributed by atoms with van der Waals surface area (Å²) < 4.78 is 45.2. The van der Waals surface area contributed by atoms with Gasteiger partial charge >= 0.3 is 6.61 Å². The zero-order valence-electron chi connectivity index (χ0n) is 16.8. The van der Waals surface area contributed by atoms with Crippen LogP contribution in [-0.4, -0.2) is 59.2 Å². The summed E-state index contributed by atoms with van der Waals surface area (Å²) in [4.78, 5) is 4.51. The largest absolute Gasteiger partial charge is 0.490 e. The lowest BCUT2D eigenvalue weighted by atomic mass is 10.2. The molecule has 1 rings (SSSR count). The highest BCUT2D eigenvalue weighted by Crippen LogP contribution is 2.30. The lowest BCUT2D eigenvalue weighted by molar-refractivity contribution is -0.0514. The highest BCUT2D eigenvalue weighted by atomic mass is 19.3. The van der Waals surface area contributed by atoms with E-state index in [9.17, 15) is 8.78 Å². The quantitative estimate of drug-likeness (QED) is 0.283. The maximum Gasteiger partial charge on any atom is 0.387 e. The zero-order valence-corrected chi connectivity index (χ0v) is 16.8. The van der Waals surface area contributed by atoms with Gasteiger partial charge in [-0.15, -0.1) is 0 Å². The second-order valence-electron chi connectivity index (χ2n) is 5.67. The molecule has 160 valence electrons. The number of halogens is 2. The standard InChI is InChI=1S/C19H31F2N3O4/c1-4-22-19(23-9-6-10-26-12-11-25-3)24-14-15-7-8-16(28-18(20)21)17(13-15)27-5-2/h7-8,13,18H,4-6,9-12,14H2,1-3H3,(H2,22,23,24). The minimum absolute atomic E-state index is 0.0167. The van der Waals surface area contributed by atoms with E-state index in [2.05, 4.69) is 20.4 Å². The number of rotatable bonds is 14. The van der Waals surface area contributed by atoms with Crippen LogP contribution in [0.2, 0.25) is 0 Å². The molecule has 0 spiro atoms. The molecule has 0 heterocycles. The summed E-state index contributed by atoms with van der Waals surface area (Å²) >= 11 is 0. The Balaban J connectivity index is 2.59. The van der Waals surface area contributed by atoms with E-state index in [-0.39, 0.29) is 11.5 Å². The van der Waals surface area contributed by atoms with Gasteiger partial charge in [0.05, 0.1) is 26.4 Å². The predicted molar refractivity (Wildman–Crippen MR) is 104 cm³/mol. The van der Waals surface area contributed by atoms with Crippen molar-refractivity contribution in [2.45, 2.75) is 33.4 Å². The van der Waals surface area contributed by atoms with Gasteiger partial charge in [0.2, 0.25) is 0 Å². The molecular weight excluding hydrogens is 372 g/mol. The molecule has 0 amide bonds. The average molecular weight is 403 g/mol. The van der Waals surface area contributed by atoms with Crippen molar-refractivity contribution in [2.24, 2.45) is 4.99 Å². The maximum atomic E-state index is 12.5. The monoisotopic (exact) mass is 403 g/mol. The van der Waals surface area contributed by atoms with Crippen molar-refractivity contribution in [1.82, 2.24) is 10.6 Å². The molecule has 7 nitrogen and oxygen atoms in total. The van der Waals surface area contributed by atoms with Crippen LogP contribution in [0, 0.1) is 0 Å². The summed E-state index contributed by atoms with van der Waals surface area (Å²) in [5.41, 5.74) is 0.824. The van der Waals surface area contributed by atoms with Gasteiger partial charge in [0, 0.05) is 26.8 Å². The first-order valence-corrected chi connectivity index (χ1v) is 9.40. The van der Waals surface area contributed by atoms with E-state index >= 15 is 0 Å². The van der Waals surface area contributed by atoms with Crippen LogP contribution < -0.4 is 20.1 Å². The van der Waals surface area contributed by atoms with Gasteiger partial charge in [-0.05, 0) is 38.0 Å². The third-order valence-corrected chi connectivity index (χ3v) is 3.48. The van der Waals surface area contributed by atoms with Crippen LogP contribution in [-0.2, 0) is 16.0 Å². The minimum Gasteiger partial charge on any atom is -0.490 e. The summed E-state index contributed by atoms with van der Waals surface area (Å²) in [5.74, 6) is 0.968. The number of ether oxygens (including phenoxy) is 4. The molecule has 0 saturated heterocycles. The minimum atomic E-state index is -2.90. The Bertz CT molecular complexity index is 574. The van der Waals surface area contributed by atoms with Gasteiger partial charge < -0.3 is 29.6 Å². The van der Waals surface area contributed by atoms with Gasteiger partial charge in [0.15, 0.2) is 17.5 Å². The highest BCUT2D eigenvalue weighted by Gasteiger charge is 2.11. The van der Waals surface area contributed by atoms with E-state index in [0.717, 1.165) is 18.5 Å². The topological polar surface area (TPSA) is 73.3 Å². The number of methoxy groups -OCH3 is 1. The van der Waals surface area contributed by atoms with E-state index in [1.54, 1.807) is 26.2 Å². The Morgan fingerprint density at radius 1 is 1.11 bits per heavy atom. The molecule has 9 heteroatoms. The Kier molecular flexibility index (Phi) is 12.7. The van der Waals surface area contributed by atoms with Crippen LogP contribution in [0.4, 0.5) is 8.78 Å². The Labute approximate surface area is 165 Å². The highest BCUT2D eigenvalue weighted by molar-refractivity contribution is 5.79. The van der Waals surface area contributed by atoms with Gasteiger partial charge in [0.25, 0.3) is 0 Å². The number of nitrogens with one attached hydrogen (secondary N) is 2. The van der Waals surface area contributed by atoms with Crippen LogP contribution in [0.3, 0.4) is 0 Å². The van der Waals surface area contributed by atoms with Crippen LogP contribution in [0.25, 0.3) is 0 Å². The van der Waals surface area contributed by atoms with E-state index in [0.29, 0.717) is 45.5 Å². The molecule has 1 aromatic carbocycles. The van der Waals surface area contributed by atoms with Gasteiger partial charge in [0.1, 0.15) is 0 Å². The van der Waals surface area contributed by atoms with Gasteiger partial charge in [-0.1, -0.05) is 6.07 Å². The summed E-state index contributed by atoms with van der Waals surface area (Å²) in [5, 5.41) is 6.40. The molecule has 1 aromatic rings. The summed E-state index contributed by atoms with van der Waals surface area (Å²) in [6.45, 7) is 4.83. The van der Waals surface area contributed by atoms with Crippen molar-refractivity contribution in [3.05, 3.63) is 23.8 Å². The van der Waals surface area contributed by atoms with Crippen LogP contribution in [0.5, 0.6) is 11.5 Å². The molecule has 0 unspecified atom stereocenters. The fourth-order valence-electron chi connectivity index (χ4n) is 2.25. The van der Waals surface area contributed by atoms with E-state index < -0.39 is 6.61 Å². The van der Waals surface area contributed by atoms with Crippen molar-refractivity contribution in [1.29, 1.82) is 0 Å². The normalized spacial score (nSPS) is 11.6. The SMILES string of the molecule is CCNC(=NCc1ccc(OC(F)F)c(OCC)c1)NCCCOCCOC. The Hall–Kier alpha value is -2.13. The third-order valence-electron chi connectivity index (χ3n) is 3.48. The molecule has 0 bridgehead atoms. The summed E-state index contributed by atoms with van der Waals surface area (Å²) in [6, 6.07) is 4.83. The van der Waals surface area contributed by atoms with Crippen molar-refractivity contribution >= 4 is 5.96 Å². The molecule has 0 atom stereocenters. The van der Waals surface area contributed by atoms with Crippen molar-refractivity contribution in [2.75, 3.05) is 46.6 Å². The fourth-order valence-corrected chi connectivity index (χ4v) is 2.25. The first-order valence-electron chi connectivity index (χ1n) is 9.40. The number of guanidine groups is 1. The molecule has 0 fully saturated rings. The maximum absolute atomic E-state index is 12.5. The second-order valence-corrected chi connectivity index (χ2v) is 5.67. The number of aliphatic imine (C=N–C) groups is 1. The van der Waals surface area contributed by atoms with Crippen LogP contribution in [0.1, 0.15) is 25.8 Å².